The third-order valence-electron chi connectivity index (χ3n) is 2.83. The Kier molecular flexibility index (Phi) is 4.42. The molecule has 2 rings (SSSR count). The molecular formula is C15H21NSSi. The molecule has 0 unspecified atom stereocenters. The first-order chi connectivity index (χ1) is 8.54. The van der Waals surface area contributed by atoms with Gasteiger partial charge in [0.15, 0.2) is 0 Å². The van der Waals surface area contributed by atoms with E-state index in [1.165, 1.54) is 30.3 Å². The van der Waals surface area contributed by atoms with E-state index < -0.39 is 8.07 Å². The molecule has 18 heavy (non-hydrogen) atoms. The SMILES string of the molecule is C[Si](C)(C)C#Cc1ccc(N2CCSCC2)cc1. The van der Waals surface area contributed by atoms with Crippen molar-refractivity contribution in [2.75, 3.05) is 29.5 Å². The third kappa shape index (κ3) is 4.11. The highest BCUT2D eigenvalue weighted by Crippen LogP contribution is 2.19. The highest BCUT2D eigenvalue weighted by molar-refractivity contribution is 7.99. The molecule has 0 N–H and O–H groups in total. The van der Waals surface area contributed by atoms with Gasteiger partial charge in [-0.3, -0.25) is 0 Å². The molecule has 3 heteroatoms. The van der Waals surface area contributed by atoms with Crippen molar-refractivity contribution in [2.24, 2.45) is 0 Å². The predicted octanol–water partition coefficient (Wildman–Crippen LogP) is 3.47. The summed E-state index contributed by atoms with van der Waals surface area (Å²) in [5, 5.41) is 0. The molecule has 1 heterocycles. The summed E-state index contributed by atoms with van der Waals surface area (Å²) in [6.45, 7) is 9.18. The van der Waals surface area contributed by atoms with Gasteiger partial charge in [0.05, 0.1) is 0 Å². The van der Waals surface area contributed by atoms with Crippen LogP contribution in [0, 0.1) is 11.5 Å². The minimum atomic E-state index is -1.26. The Bertz CT molecular complexity index is 444. The minimum Gasteiger partial charge on any atom is -0.370 e. The largest absolute Gasteiger partial charge is 0.370 e. The summed E-state index contributed by atoms with van der Waals surface area (Å²) in [7, 11) is -1.26. The fraction of sp³-hybridized carbons (Fsp3) is 0.467. The van der Waals surface area contributed by atoms with Crippen LogP contribution in [0.3, 0.4) is 0 Å². The van der Waals surface area contributed by atoms with Crippen LogP contribution in [-0.4, -0.2) is 32.7 Å². The lowest BCUT2D eigenvalue weighted by atomic mass is 10.2. The van der Waals surface area contributed by atoms with Crippen LogP contribution >= 0.6 is 11.8 Å². The zero-order chi connectivity index (χ0) is 13.0. The van der Waals surface area contributed by atoms with Crippen molar-refractivity contribution in [3.63, 3.8) is 0 Å². The molecule has 0 bridgehead atoms. The molecular weight excluding hydrogens is 254 g/mol. The first-order valence-electron chi connectivity index (χ1n) is 6.50. The van der Waals surface area contributed by atoms with E-state index in [4.69, 9.17) is 0 Å². The van der Waals surface area contributed by atoms with Gasteiger partial charge in [-0.25, -0.2) is 0 Å². The van der Waals surface area contributed by atoms with Gasteiger partial charge in [0.2, 0.25) is 0 Å². The van der Waals surface area contributed by atoms with Gasteiger partial charge in [0, 0.05) is 35.8 Å². The summed E-state index contributed by atoms with van der Waals surface area (Å²) in [5.41, 5.74) is 5.90. The van der Waals surface area contributed by atoms with E-state index in [2.05, 4.69) is 60.3 Å². The number of anilines is 1. The minimum absolute atomic E-state index is 1.15. The molecule has 0 aliphatic carbocycles. The van der Waals surface area contributed by atoms with Crippen molar-refractivity contribution in [1.29, 1.82) is 0 Å². The molecule has 1 aliphatic heterocycles. The number of nitrogens with zero attached hydrogens (tertiary/aromatic N) is 1. The first-order valence-corrected chi connectivity index (χ1v) is 11.2. The van der Waals surface area contributed by atoms with Gasteiger partial charge in [0.25, 0.3) is 0 Å². The van der Waals surface area contributed by atoms with Crippen LogP contribution in [0.15, 0.2) is 24.3 Å². The molecule has 0 spiro atoms. The maximum Gasteiger partial charge on any atom is 0.129 e. The lowest BCUT2D eigenvalue weighted by molar-refractivity contribution is 0.859. The molecule has 1 aromatic rings. The van der Waals surface area contributed by atoms with Gasteiger partial charge in [-0.1, -0.05) is 25.6 Å². The van der Waals surface area contributed by atoms with Gasteiger partial charge in [0.1, 0.15) is 8.07 Å². The van der Waals surface area contributed by atoms with Gasteiger partial charge in [-0.2, -0.15) is 11.8 Å². The fourth-order valence-corrected chi connectivity index (χ4v) is 3.26. The first kappa shape index (κ1) is 13.6. The van der Waals surface area contributed by atoms with Crippen molar-refractivity contribution in [3.05, 3.63) is 29.8 Å². The summed E-state index contributed by atoms with van der Waals surface area (Å²) in [4.78, 5) is 2.46. The smallest absolute Gasteiger partial charge is 0.129 e. The lowest BCUT2D eigenvalue weighted by Crippen LogP contribution is -2.32. The third-order valence-corrected chi connectivity index (χ3v) is 4.64. The van der Waals surface area contributed by atoms with E-state index in [0.717, 1.165) is 5.56 Å². The van der Waals surface area contributed by atoms with E-state index in [9.17, 15) is 0 Å². The molecule has 1 aliphatic rings. The second-order valence-electron chi connectivity index (χ2n) is 5.65. The molecule has 0 radical (unpaired) electrons. The van der Waals surface area contributed by atoms with Crippen LogP contribution in [0.25, 0.3) is 0 Å². The normalized spacial score (nSPS) is 16.1. The summed E-state index contributed by atoms with van der Waals surface area (Å²) in [6, 6.07) is 8.74. The Morgan fingerprint density at radius 3 is 2.22 bits per heavy atom. The van der Waals surface area contributed by atoms with Gasteiger partial charge >= 0.3 is 0 Å². The van der Waals surface area contributed by atoms with Crippen molar-refractivity contribution >= 4 is 25.5 Å². The zero-order valence-corrected chi connectivity index (χ0v) is 13.3. The number of hydrogen-bond acceptors (Lipinski definition) is 2. The Morgan fingerprint density at radius 1 is 1.06 bits per heavy atom. The van der Waals surface area contributed by atoms with E-state index in [1.807, 2.05) is 11.8 Å². The number of benzene rings is 1. The van der Waals surface area contributed by atoms with Gasteiger partial charge < -0.3 is 4.90 Å². The lowest BCUT2D eigenvalue weighted by Gasteiger charge is -2.28. The van der Waals surface area contributed by atoms with Crippen LogP contribution in [0.4, 0.5) is 5.69 Å². The monoisotopic (exact) mass is 275 g/mol. The summed E-state index contributed by atoms with van der Waals surface area (Å²) in [5.74, 6) is 5.80. The van der Waals surface area contributed by atoms with Crippen molar-refractivity contribution in [1.82, 2.24) is 0 Å². The van der Waals surface area contributed by atoms with Crippen LogP contribution in [0.1, 0.15) is 5.56 Å². The molecule has 0 atom stereocenters. The maximum absolute atomic E-state index is 3.41. The summed E-state index contributed by atoms with van der Waals surface area (Å²) < 4.78 is 0. The average Bonchev–Trinajstić information content (AvgIpc) is 2.37. The maximum atomic E-state index is 3.41. The Morgan fingerprint density at radius 2 is 1.67 bits per heavy atom. The highest BCUT2D eigenvalue weighted by Gasteiger charge is 2.10. The van der Waals surface area contributed by atoms with Gasteiger partial charge in [-0.05, 0) is 24.3 Å². The Hall–Kier alpha value is -0.853. The average molecular weight is 275 g/mol. The molecule has 96 valence electrons. The van der Waals surface area contributed by atoms with E-state index in [-0.39, 0.29) is 0 Å². The van der Waals surface area contributed by atoms with Crippen LogP contribution in [-0.2, 0) is 0 Å². The number of thioether (sulfide) groups is 1. The second-order valence-corrected chi connectivity index (χ2v) is 11.6. The standard InChI is InChI=1S/C15H21NSSi/c1-18(2,3)13-8-14-4-6-15(7-5-14)16-9-11-17-12-10-16/h4-7H,9-12H2,1-3H3. The van der Waals surface area contributed by atoms with Gasteiger partial charge in [-0.15, -0.1) is 5.54 Å². The molecule has 0 amide bonds. The number of hydrogen-bond donors (Lipinski definition) is 0. The number of rotatable bonds is 1. The van der Waals surface area contributed by atoms with E-state index >= 15 is 0 Å². The summed E-state index contributed by atoms with van der Waals surface area (Å²) >= 11 is 2.05. The second kappa shape index (κ2) is 5.86. The van der Waals surface area contributed by atoms with Crippen LogP contribution in [0.2, 0.25) is 19.6 Å². The molecule has 1 fully saturated rings. The quantitative estimate of drug-likeness (QED) is 0.570. The molecule has 1 aromatic carbocycles. The Balaban J connectivity index is 2.07. The van der Waals surface area contributed by atoms with Crippen LogP contribution < -0.4 is 4.90 Å². The van der Waals surface area contributed by atoms with E-state index in [0.29, 0.717) is 0 Å². The topological polar surface area (TPSA) is 3.24 Å². The molecule has 1 nitrogen and oxygen atoms in total. The van der Waals surface area contributed by atoms with Crippen molar-refractivity contribution < 1.29 is 0 Å². The molecule has 0 saturated carbocycles. The predicted molar refractivity (Wildman–Crippen MR) is 86.2 cm³/mol. The zero-order valence-electron chi connectivity index (χ0n) is 11.5. The fourth-order valence-electron chi connectivity index (χ4n) is 1.84. The molecule has 0 aromatic heterocycles. The van der Waals surface area contributed by atoms with Crippen molar-refractivity contribution in [2.45, 2.75) is 19.6 Å². The van der Waals surface area contributed by atoms with E-state index in [1.54, 1.807) is 0 Å². The van der Waals surface area contributed by atoms with Crippen LogP contribution in [0.5, 0.6) is 0 Å². The molecule has 1 saturated heterocycles. The highest BCUT2D eigenvalue weighted by atomic mass is 32.2. The van der Waals surface area contributed by atoms with Crippen molar-refractivity contribution in [3.8, 4) is 11.5 Å². The Labute approximate surface area is 116 Å². The summed E-state index contributed by atoms with van der Waals surface area (Å²) in [6.07, 6.45) is 0.